The van der Waals surface area contributed by atoms with Gasteiger partial charge in [0.1, 0.15) is 17.9 Å². The highest BCUT2D eigenvalue weighted by Gasteiger charge is 2.20. The molecular formula is C19H14ClFN4O3. The van der Waals surface area contributed by atoms with E-state index in [2.05, 4.69) is 20.3 Å². The molecule has 0 radical (unpaired) electrons. The van der Waals surface area contributed by atoms with E-state index in [0.29, 0.717) is 40.9 Å². The van der Waals surface area contributed by atoms with Gasteiger partial charge in [-0.2, -0.15) is 4.98 Å². The maximum Gasteiger partial charge on any atom is 0.250 e. The smallest absolute Gasteiger partial charge is 0.250 e. The minimum absolute atomic E-state index is 0.0174. The Bertz CT molecular complexity index is 1090. The lowest BCUT2D eigenvalue weighted by atomic mass is 10.2. The van der Waals surface area contributed by atoms with Crippen molar-refractivity contribution in [3.05, 3.63) is 53.1 Å². The van der Waals surface area contributed by atoms with Gasteiger partial charge >= 0.3 is 0 Å². The van der Waals surface area contributed by atoms with Crippen molar-refractivity contribution in [2.24, 2.45) is 4.99 Å². The van der Waals surface area contributed by atoms with E-state index in [0.717, 1.165) is 0 Å². The number of aliphatic imine (C=N–C) groups is 1. The van der Waals surface area contributed by atoms with E-state index in [1.54, 1.807) is 6.07 Å². The lowest BCUT2D eigenvalue weighted by Crippen LogP contribution is -1.98. The lowest BCUT2D eigenvalue weighted by Gasteiger charge is -2.12. The van der Waals surface area contributed by atoms with Crippen LogP contribution < -0.4 is 14.8 Å². The van der Waals surface area contributed by atoms with Gasteiger partial charge < -0.3 is 19.9 Å². The average molecular weight is 401 g/mol. The Morgan fingerprint density at radius 3 is 2.89 bits per heavy atom. The number of nitrogens with one attached hydrogen (secondary N) is 1. The molecule has 0 atom stereocenters. The molecule has 7 nitrogen and oxygen atoms in total. The number of nitrogens with zero attached hydrogens (tertiary/aromatic N) is 3. The third-order valence-corrected chi connectivity index (χ3v) is 4.19. The van der Waals surface area contributed by atoms with Crippen LogP contribution in [0.2, 0.25) is 5.02 Å². The number of aromatic nitrogens is 2. The van der Waals surface area contributed by atoms with Crippen LogP contribution in [0.5, 0.6) is 23.1 Å². The maximum absolute atomic E-state index is 13.4. The number of phenolic OH excluding ortho intramolecular Hbond substituents is 1. The molecule has 2 aromatic carbocycles. The molecule has 0 amide bonds. The van der Waals surface area contributed by atoms with Gasteiger partial charge in [0.2, 0.25) is 0 Å². The number of hydrogen-bond donors (Lipinski definition) is 2. The van der Waals surface area contributed by atoms with E-state index in [1.807, 2.05) is 6.92 Å². The van der Waals surface area contributed by atoms with Crippen molar-refractivity contribution in [1.29, 1.82) is 0 Å². The zero-order valence-electron chi connectivity index (χ0n) is 14.6. The normalized spacial score (nSPS) is 11.8. The third kappa shape index (κ3) is 3.41. The molecule has 0 saturated heterocycles. The number of hydrogen-bond acceptors (Lipinski definition) is 7. The number of halogens is 2. The first-order chi connectivity index (χ1) is 13.5. The average Bonchev–Trinajstić information content (AvgIpc) is 2.85. The minimum atomic E-state index is -0.518. The van der Waals surface area contributed by atoms with Gasteiger partial charge in [0.05, 0.1) is 11.6 Å². The summed E-state index contributed by atoms with van der Waals surface area (Å²) in [5.74, 6) is 0.756. The second kappa shape index (κ2) is 7.32. The van der Waals surface area contributed by atoms with Gasteiger partial charge in [-0.15, -0.1) is 0 Å². The van der Waals surface area contributed by atoms with Crippen molar-refractivity contribution in [3.63, 3.8) is 0 Å². The number of rotatable bonds is 4. The summed E-state index contributed by atoms with van der Waals surface area (Å²) in [5.41, 5.74) is 1.42. The number of anilines is 2. The zero-order valence-corrected chi connectivity index (χ0v) is 15.4. The summed E-state index contributed by atoms with van der Waals surface area (Å²) < 4.78 is 24.6. The summed E-state index contributed by atoms with van der Waals surface area (Å²) in [5, 5.41) is 13.1. The highest BCUT2D eigenvalue weighted by Crippen LogP contribution is 2.42. The SMILES string of the molecule is CCOc1cc2c(cc1O)C=Nc1c(Nc3ccc(F)c(Cl)c3)ncnc1O2. The van der Waals surface area contributed by atoms with Gasteiger partial charge in [-0.1, -0.05) is 11.6 Å². The third-order valence-electron chi connectivity index (χ3n) is 3.90. The molecule has 142 valence electrons. The fourth-order valence-electron chi connectivity index (χ4n) is 2.62. The fourth-order valence-corrected chi connectivity index (χ4v) is 2.80. The molecule has 0 fully saturated rings. The van der Waals surface area contributed by atoms with Crippen LogP contribution >= 0.6 is 11.6 Å². The molecule has 2 N–H and O–H groups in total. The van der Waals surface area contributed by atoms with E-state index >= 15 is 0 Å². The van der Waals surface area contributed by atoms with Gasteiger partial charge in [-0.25, -0.2) is 14.4 Å². The number of phenols is 1. The Labute approximate surface area is 164 Å². The first-order valence-electron chi connectivity index (χ1n) is 8.34. The summed E-state index contributed by atoms with van der Waals surface area (Å²) >= 11 is 5.83. The first-order valence-corrected chi connectivity index (χ1v) is 8.71. The summed E-state index contributed by atoms with van der Waals surface area (Å²) in [6.45, 7) is 2.21. The van der Waals surface area contributed by atoms with E-state index in [4.69, 9.17) is 21.1 Å². The second-order valence-corrected chi connectivity index (χ2v) is 6.19. The largest absolute Gasteiger partial charge is 0.504 e. The fraction of sp³-hybridized carbons (Fsp3) is 0.105. The van der Waals surface area contributed by atoms with Crippen molar-refractivity contribution < 1.29 is 19.0 Å². The number of benzene rings is 2. The van der Waals surface area contributed by atoms with Crippen molar-refractivity contribution in [2.45, 2.75) is 6.92 Å². The highest BCUT2D eigenvalue weighted by atomic mass is 35.5. The van der Waals surface area contributed by atoms with Crippen molar-refractivity contribution in [1.82, 2.24) is 9.97 Å². The molecule has 1 aliphatic rings. The van der Waals surface area contributed by atoms with Gasteiger partial charge in [-0.05, 0) is 31.2 Å². The Balaban J connectivity index is 1.72. The predicted molar refractivity (Wildman–Crippen MR) is 103 cm³/mol. The summed E-state index contributed by atoms with van der Waals surface area (Å²) in [7, 11) is 0. The highest BCUT2D eigenvalue weighted by molar-refractivity contribution is 6.31. The van der Waals surface area contributed by atoms with Crippen LogP contribution in [-0.4, -0.2) is 27.9 Å². The summed E-state index contributed by atoms with van der Waals surface area (Å²) in [6.07, 6.45) is 2.85. The Hall–Kier alpha value is -3.39. The van der Waals surface area contributed by atoms with E-state index < -0.39 is 5.82 Å². The lowest BCUT2D eigenvalue weighted by molar-refractivity contribution is 0.316. The molecule has 0 bridgehead atoms. The topological polar surface area (TPSA) is 88.9 Å². The number of fused-ring (bicyclic) bond motifs is 2. The summed E-state index contributed by atoms with van der Waals surface area (Å²) in [6, 6.07) is 7.28. The van der Waals surface area contributed by atoms with Gasteiger partial charge in [0, 0.05) is 23.5 Å². The summed E-state index contributed by atoms with van der Waals surface area (Å²) in [4.78, 5) is 12.7. The van der Waals surface area contributed by atoms with Crippen LogP contribution in [0.3, 0.4) is 0 Å². The Morgan fingerprint density at radius 2 is 2.11 bits per heavy atom. The number of aromatic hydroxyl groups is 1. The molecule has 1 aliphatic heterocycles. The van der Waals surface area contributed by atoms with Gasteiger partial charge in [0.25, 0.3) is 5.88 Å². The second-order valence-electron chi connectivity index (χ2n) is 5.78. The maximum atomic E-state index is 13.4. The molecule has 0 spiro atoms. The molecule has 0 saturated carbocycles. The van der Waals surface area contributed by atoms with E-state index in [9.17, 15) is 9.50 Å². The number of ether oxygens (including phenoxy) is 2. The van der Waals surface area contributed by atoms with Gasteiger partial charge in [-0.3, -0.25) is 0 Å². The van der Waals surface area contributed by atoms with Crippen molar-refractivity contribution in [2.75, 3.05) is 11.9 Å². The molecule has 3 aromatic rings. The van der Waals surface area contributed by atoms with E-state index in [-0.39, 0.29) is 16.7 Å². The minimum Gasteiger partial charge on any atom is -0.504 e. The molecule has 1 aromatic heterocycles. The first kappa shape index (κ1) is 18.0. The van der Waals surface area contributed by atoms with Crippen LogP contribution in [-0.2, 0) is 0 Å². The van der Waals surface area contributed by atoms with Gasteiger partial charge in [0.15, 0.2) is 23.0 Å². The van der Waals surface area contributed by atoms with Crippen LogP contribution in [0.15, 0.2) is 41.7 Å². The molecule has 2 heterocycles. The molecule has 28 heavy (non-hydrogen) atoms. The van der Waals surface area contributed by atoms with Crippen LogP contribution in [0, 0.1) is 5.82 Å². The van der Waals surface area contributed by atoms with Crippen LogP contribution in [0.25, 0.3) is 0 Å². The molecule has 0 aliphatic carbocycles. The molecule has 0 unspecified atom stereocenters. The molecular weight excluding hydrogens is 387 g/mol. The predicted octanol–water partition coefficient (Wildman–Crippen LogP) is 4.97. The zero-order chi connectivity index (χ0) is 19.7. The van der Waals surface area contributed by atoms with Crippen LogP contribution in [0.1, 0.15) is 12.5 Å². The van der Waals surface area contributed by atoms with Crippen molar-refractivity contribution >= 4 is 35.0 Å². The molecule has 4 rings (SSSR count). The Morgan fingerprint density at radius 1 is 1.25 bits per heavy atom. The van der Waals surface area contributed by atoms with Crippen molar-refractivity contribution in [3.8, 4) is 23.1 Å². The molecule has 9 heteroatoms. The quantitative estimate of drug-likeness (QED) is 0.502. The standard InChI is InChI=1S/C19H14ClFN4O3/c1-2-27-16-7-15-10(5-14(16)26)8-22-17-18(23-9-24-19(17)28-15)25-11-3-4-13(21)12(20)6-11/h3-9,26H,2H2,1H3,(H,23,24,25). The van der Waals surface area contributed by atoms with Crippen LogP contribution in [0.4, 0.5) is 21.6 Å². The van der Waals surface area contributed by atoms with E-state index in [1.165, 1.54) is 36.8 Å². The monoisotopic (exact) mass is 400 g/mol. The Kier molecular flexibility index (Phi) is 4.70.